The first-order chi connectivity index (χ1) is 5.34. The molecule has 2 heteroatoms. The summed E-state index contributed by atoms with van der Waals surface area (Å²) >= 11 is 1.67. The third-order valence-corrected chi connectivity index (χ3v) is 1.79. The topological polar surface area (TPSA) is 26.0 Å². The Labute approximate surface area is 71.3 Å². The molecule has 0 saturated heterocycles. The van der Waals surface area contributed by atoms with Crippen molar-refractivity contribution in [2.24, 2.45) is 0 Å². The predicted molar refractivity (Wildman–Crippen MR) is 53.4 cm³/mol. The summed E-state index contributed by atoms with van der Waals surface area (Å²) in [5.41, 5.74) is 7.62. The van der Waals surface area contributed by atoms with Gasteiger partial charge in [0.25, 0.3) is 0 Å². The highest BCUT2D eigenvalue weighted by atomic mass is 32.2. The van der Waals surface area contributed by atoms with Gasteiger partial charge in [-0.1, -0.05) is 18.2 Å². The molecule has 0 atom stereocenters. The van der Waals surface area contributed by atoms with Crippen molar-refractivity contribution < 1.29 is 0 Å². The molecule has 0 spiro atoms. The van der Waals surface area contributed by atoms with Crippen molar-refractivity contribution in [3.05, 3.63) is 35.2 Å². The van der Waals surface area contributed by atoms with Crippen LogP contribution in [0, 0.1) is 0 Å². The summed E-state index contributed by atoms with van der Waals surface area (Å²) in [5, 5.41) is 2.02. The van der Waals surface area contributed by atoms with E-state index in [9.17, 15) is 0 Å². The molecule has 0 aliphatic heterocycles. The fourth-order valence-electron chi connectivity index (χ4n) is 0.804. The SMILES string of the molecule is CS/C=C\c1ccccc1N. The minimum absolute atomic E-state index is 0.831. The second-order valence-electron chi connectivity index (χ2n) is 2.17. The van der Waals surface area contributed by atoms with E-state index in [0.717, 1.165) is 11.3 Å². The zero-order chi connectivity index (χ0) is 8.10. The normalized spacial score (nSPS) is 10.6. The second-order valence-corrected chi connectivity index (χ2v) is 2.91. The van der Waals surface area contributed by atoms with E-state index in [2.05, 4.69) is 0 Å². The van der Waals surface area contributed by atoms with E-state index < -0.39 is 0 Å². The highest BCUT2D eigenvalue weighted by Gasteiger charge is 1.89. The maximum absolute atomic E-state index is 5.70. The van der Waals surface area contributed by atoms with Crippen molar-refractivity contribution in [2.75, 3.05) is 12.0 Å². The van der Waals surface area contributed by atoms with Crippen LogP contribution in [0.5, 0.6) is 0 Å². The standard InChI is InChI=1S/C9H11NS/c1-11-7-6-8-4-2-3-5-9(8)10/h2-7H,10H2,1H3/b7-6-. The monoisotopic (exact) mass is 165 g/mol. The van der Waals surface area contributed by atoms with Gasteiger partial charge in [-0.2, -0.15) is 0 Å². The maximum Gasteiger partial charge on any atom is 0.0387 e. The van der Waals surface area contributed by atoms with Gasteiger partial charge < -0.3 is 5.73 Å². The number of rotatable bonds is 2. The Balaban J connectivity index is 2.86. The maximum atomic E-state index is 5.70. The second kappa shape index (κ2) is 4.09. The Morgan fingerprint density at radius 2 is 2.09 bits per heavy atom. The largest absolute Gasteiger partial charge is 0.398 e. The van der Waals surface area contributed by atoms with Crippen molar-refractivity contribution in [2.45, 2.75) is 0 Å². The molecule has 0 aromatic heterocycles. The van der Waals surface area contributed by atoms with Gasteiger partial charge >= 0.3 is 0 Å². The van der Waals surface area contributed by atoms with Gasteiger partial charge in [-0.05, 0) is 29.4 Å². The van der Waals surface area contributed by atoms with Gasteiger partial charge in [0, 0.05) is 5.69 Å². The molecule has 0 aliphatic rings. The zero-order valence-electron chi connectivity index (χ0n) is 6.45. The van der Waals surface area contributed by atoms with E-state index in [1.54, 1.807) is 11.8 Å². The predicted octanol–water partition coefficient (Wildman–Crippen LogP) is 2.60. The van der Waals surface area contributed by atoms with Crippen LogP contribution in [0.4, 0.5) is 5.69 Å². The molecule has 0 heterocycles. The van der Waals surface area contributed by atoms with Crippen LogP contribution in [-0.2, 0) is 0 Å². The van der Waals surface area contributed by atoms with E-state index in [0.29, 0.717) is 0 Å². The smallest absolute Gasteiger partial charge is 0.0387 e. The fourth-order valence-corrected chi connectivity index (χ4v) is 1.09. The average Bonchev–Trinajstić information content (AvgIpc) is 2.03. The van der Waals surface area contributed by atoms with E-state index in [1.165, 1.54) is 0 Å². The molecule has 1 rings (SSSR count). The third kappa shape index (κ3) is 2.31. The quantitative estimate of drug-likeness (QED) is 0.682. The minimum atomic E-state index is 0.831. The van der Waals surface area contributed by atoms with E-state index >= 15 is 0 Å². The van der Waals surface area contributed by atoms with Crippen molar-refractivity contribution in [3.63, 3.8) is 0 Å². The van der Waals surface area contributed by atoms with Crippen LogP contribution >= 0.6 is 11.8 Å². The third-order valence-electron chi connectivity index (χ3n) is 1.38. The molecule has 0 bridgehead atoms. The summed E-state index contributed by atoms with van der Waals surface area (Å²) in [6.45, 7) is 0. The molecule has 11 heavy (non-hydrogen) atoms. The Morgan fingerprint density at radius 3 is 2.73 bits per heavy atom. The highest BCUT2D eigenvalue weighted by Crippen LogP contribution is 2.13. The van der Waals surface area contributed by atoms with Crippen LogP contribution < -0.4 is 5.73 Å². The van der Waals surface area contributed by atoms with Crippen LogP contribution in [0.15, 0.2) is 29.7 Å². The minimum Gasteiger partial charge on any atom is -0.398 e. The number of hydrogen-bond acceptors (Lipinski definition) is 2. The summed E-state index contributed by atoms with van der Waals surface area (Å²) in [6, 6.07) is 7.82. The summed E-state index contributed by atoms with van der Waals surface area (Å²) in [5.74, 6) is 0. The van der Waals surface area contributed by atoms with Gasteiger partial charge in [-0.25, -0.2) is 0 Å². The van der Waals surface area contributed by atoms with Gasteiger partial charge in [0.1, 0.15) is 0 Å². The molecular weight excluding hydrogens is 154 g/mol. The molecule has 1 nitrogen and oxygen atoms in total. The van der Waals surface area contributed by atoms with Crippen molar-refractivity contribution >= 4 is 23.5 Å². The molecule has 1 aromatic carbocycles. The first-order valence-electron chi connectivity index (χ1n) is 3.38. The number of benzene rings is 1. The lowest BCUT2D eigenvalue weighted by Gasteiger charge is -1.96. The van der Waals surface area contributed by atoms with Crippen molar-refractivity contribution in [3.8, 4) is 0 Å². The van der Waals surface area contributed by atoms with Crippen molar-refractivity contribution in [1.29, 1.82) is 0 Å². The Morgan fingerprint density at radius 1 is 1.36 bits per heavy atom. The lowest BCUT2D eigenvalue weighted by atomic mass is 10.2. The van der Waals surface area contributed by atoms with Gasteiger partial charge in [0.15, 0.2) is 0 Å². The molecule has 58 valence electrons. The fraction of sp³-hybridized carbons (Fsp3) is 0.111. The van der Waals surface area contributed by atoms with Crippen LogP contribution in [0.1, 0.15) is 5.56 Å². The van der Waals surface area contributed by atoms with Gasteiger partial charge in [0.2, 0.25) is 0 Å². The first-order valence-corrected chi connectivity index (χ1v) is 4.67. The van der Waals surface area contributed by atoms with E-state index in [1.807, 2.05) is 42.0 Å². The zero-order valence-corrected chi connectivity index (χ0v) is 7.27. The summed E-state index contributed by atoms with van der Waals surface area (Å²) < 4.78 is 0. The summed E-state index contributed by atoms with van der Waals surface area (Å²) in [6.07, 6.45) is 4.04. The molecule has 0 amide bonds. The van der Waals surface area contributed by atoms with Crippen LogP contribution in [-0.4, -0.2) is 6.26 Å². The van der Waals surface area contributed by atoms with E-state index in [-0.39, 0.29) is 0 Å². The van der Waals surface area contributed by atoms with Crippen molar-refractivity contribution in [1.82, 2.24) is 0 Å². The molecule has 1 aromatic rings. The molecule has 0 radical (unpaired) electrons. The highest BCUT2D eigenvalue weighted by molar-refractivity contribution is 8.01. The van der Waals surface area contributed by atoms with Gasteiger partial charge in [0.05, 0.1) is 0 Å². The van der Waals surface area contributed by atoms with Gasteiger partial charge in [-0.15, -0.1) is 11.8 Å². The van der Waals surface area contributed by atoms with Crippen LogP contribution in [0.2, 0.25) is 0 Å². The Bertz CT molecular complexity index is 255. The number of anilines is 1. The first kappa shape index (κ1) is 8.21. The molecule has 0 saturated carbocycles. The Hall–Kier alpha value is -0.890. The Kier molecular flexibility index (Phi) is 3.05. The molecule has 0 fully saturated rings. The lowest BCUT2D eigenvalue weighted by Crippen LogP contribution is -1.86. The molecule has 0 unspecified atom stereocenters. The number of hydrogen-bond donors (Lipinski definition) is 1. The number of para-hydroxylation sites is 1. The van der Waals surface area contributed by atoms with E-state index in [4.69, 9.17) is 5.73 Å². The summed E-state index contributed by atoms with van der Waals surface area (Å²) in [7, 11) is 0. The molecular formula is C9H11NS. The van der Waals surface area contributed by atoms with Crippen LogP contribution in [0.3, 0.4) is 0 Å². The molecule has 2 N–H and O–H groups in total. The number of nitrogens with two attached hydrogens (primary N) is 1. The van der Waals surface area contributed by atoms with Crippen LogP contribution in [0.25, 0.3) is 6.08 Å². The lowest BCUT2D eigenvalue weighted by molar-refractivity contribution is 1.64. The molecule has 0 aliphatic carbocycles. The summed E-state index contributed by atoms with van der Waals surface area (Å²) in [4.78, 5) is 0. The van der Waals surface area contributed by atoms with Gasteiger partial charge in [-0.3, -0.25) is 0 Å². The number of thioether (sulfide) groups is 1. The average molecular weight is 165 g/mol. The number of nitrogen functional groups attached to an aromatic ring is 1.